The van der Waals surface area contributed by atoms with Crippen molar-refractivity contribution in [3.8, 4) is 5.75 Å². The summed E-state index contributed by atoms with van der Waals surface area (Å²) in [4.78, 5) is 0. The van der Waals surface area contributed by atoms with Crippen LogP contribution < -0.4 is 4.74 Å². The number of rotatable bonds is 7. The summed E-state index contributed by atoms with van der Waals surface area (Å²) in [6.07, 6.45) is 0.339. The predicted octanol–water partition coefficient (Wildman–Crippen LogP) is 5.64. The molecule has 2 unspecified atom stereocenters. The quantitative estimate of drug-likeness (QED) is 0.604. The summed E-state index contributed by atoms with van der Waals surface area (Å²) in [7, 11) is 1.61. The lowest BCUT2D eigenvalue weighted by molar-refractivity contribution is 0.0501. The molecular weight excluding hydrogens is 380 g/mol. The first-order valence-electron chi connectivity index (χ1n) is 8.59. The molecule has 0 fully saturated rings. The topological polar surface area (TPSA) is 38.7 Å². The van der Waals surface area contributed by atoms with Crippen molar-refractivity contribution in [3.05, 3.63) is 62.6 Å². The lowest BCUT2D eigenvalue weighted by Gasteiger charge is -2.21. The molecule has 4 heteroatoms. The lowest BCUT2D eigenvalue weighted by atomic mass is 9.90. The van der Waals surface area contributed by atoms with Crippen LogP contribution in [0.3, 0.4) is 0 Å². The zero-order valence-electron chi connectivity index (χ0n) is 15.6. The largest absolute Gasteiger partial charge is 0.467 e. The Bertz CT molecular complexity index is 704. The molecule has 0 aliphatic heterocycles. The minimum atomic E-state index is -0.660. The summed E-state index contributed by atoms with van der Waals surface area (Å²) in [5.74, 6) is 1.16. The minimum Gasteiger partial charge on any atom is -0.467 e. The standard InChI is InChI=1S/C21H27BrO3/c1-6-13(2)18-11-16(7-8-19(18)25-12-24-5)21(23)20-14(3)9-17(22)10-15(20)4/h7-11,13,21,23H,6,12H2,1-5H3. The number of hydrogen-bond donors (Lipinski definition) is 1. The summed E-state index contributed by atoms with van der Waals surface area (Å²) < 4.78 is 11.8. The number of aliphatic hydroxyl groups is 1. The van der Waals surface area contributed by atoms with Gasteiger partial charge in [-0.15, -0.1) is 0 Å². The summed E-state index contributed by atoms with van der Waals surface area (Å²) >= 11 is 3.52. The first kappa shape index (κ1) is 20.0. The molecule has 0 aliphatic carbocycles. The third-order valence-corrected chi connectivity index (χ3v) is 5.11. The van der Waals surface area contributed by atoms with Crippen molar-refractivity contribution in [1.29, 1.82) is 0 Å². The maximum Gasteiger partial charge on any atom is 0.188 e. The van der Waals surface area contributed by atoms with Crippen LogP contribution in [0.4, 0.5) is 0 Å². The van der Waals surface area contributed by atoms with E-state index < -0.39 is 6.10 Å². The molecule has 0 aromatic heterocycles. The second kappa shape index (κ2) is 8.84. The molecule has 0 heterocycles. The van der Waals surface area contributed by atoms with E-state index in [4.69, 9.17) is 9.47 Å². The average molecular weight is 407 g/mol. The molecule has 0 spiro atoms. The highest BCUT2D eigenvalue weighted by molar-refractivity contribution is 9.10. The highest BCUT2D eigenvalue weighted by Gasteiger charge is 2.19. The van der Waals surface area contributed by atoms with Crippen LogP contribution in [0.5, 0.6) is 5.75 Å². The molecule has 2 aromatic rings. The van der Waals surface area contributed by atoms with E-state index in [9.17, 15) is 5.11 Å². The Kier molecular flexibility index (Phi) is 7.05. The normalized spacial score (nSPS) is 13.6. The smallest absolute Gasteiger partial charge is 0.188 e. The van der Waals surface area contributed by atoms with Gasteiger partial charge < -0.3 is 14.6 Å². The first-order valence-corrected chi connectivity index (χ1v) is 9.38. The van der Waals surface area contributed by atoms with E-state index >= 15 is 0 Å². The van der Waals surface area contributed by atoms with Crippen molar-refractivity contribution < 1.29 is 14.6 Å². The number of ether oxygens (including phenoxy) is 2. The van der Waals surface area contributed by atoms with Crippen LogP contribution in [-0.2, 0) is 4.74 Å². The number of hydrogen-bond acceptors (Lipinski definition) is 3. The van der Waals surface area contributed by atoms with E-state index in [1.165, 1.54) is 0 Å². The van der Waals surface area contributed by atoms with Gasteiger partial charge in [-0.05, 0) is 78.3 Å². The van der Waals surface area contributed by atoms with Gasteiger partial charge in [0.05, 0.1) is 0 Å². The maximum absolute atomic E-state index is 11.0. The molecule has 0 bridgehead atoms. The van der Waals surface area contributed by atoms with Gasteiger partial charge in [-0.2, -0.15) is 0 Å². The van der Waals surface area contributed by atoms with E-state index in [0.29, 0.717) is 5.92 Å². The van der Waals surface area contributed by atoms with E-state index in [1.807, 2.05) is 38.1 Å². The molecule has 136 valence electrons. The van der Waals surface area contributed by atoms with Gasteiger partial charge in [-0.25, -0.2) is 0 Å². The van der Waals surface area contributed by atoms with Crippen molar-refractivity contribution >= 4 is 15.9 Å². The number of aliphatic hydroxyl groups excluding tert-OH is 1. The van der Waals surface area contributed by atoms with Crippen LogP contribution in [-0.4, -0.2) is 19.0 Å². The fraction of sp³-hybridized carbons (Fsp3) is 0.429. The third kappa shape index (κ3) is 4.63. The molecule has 2 aromatic carbocycles. The van der Waals surface area contributed by atoms with E-state index in [-0.39, 0.29) is 6.79 Å². The third-order valence-electron chi connectivity index (χ3n) is 4.66. The Balaban J connectivity index is 2.45. The van der Waals surface area contributed by atoms with Crippen LogP contribution in [0.1, 0.15) is 60.1 Å². The van der Waals surface area contributed by atoms with Crippen molar-refractivity contribution in [2.24, 2.45) is 0 Å². The highest BCUT2D eigenvalue weighted by atomic mass is 79.9. The van der Waals surface area contributed by atoms with Gasteiger partial charge in [0.15, 0.2) is 6.79 Å². The summed E-state index contributed by atoms with van der Waals surface area (Å²) in [5.41, 5.74) is 5.09. The van der Waals surface area contributed by atoms with E-state index in [0.717, 1.165) is 44.5 Å². The lowest BCUT2D eigenvalue weighted by Crippen LogP contribution is -2.08. The zero-order chi connectivity index (χ0) is 18.6. The SMILES string of the molecule is CCC(C)c1cc(C(O)c2c(C)cc(Br)cc2C)ccc1OCOC. The van der Waals surface area contributed by atoms with Crippen molar-refractivity contribution in [2.45, 2.75) is 46.1 Å². The maximum atomic E-state index is 11.0. The Morgan fingerprint density at radius 2 is 1.76 bits per heavy atom. The van der Waals surface area contributed by atoms with Gasteiger partial charge in [-0.3, -0.25) is 0 Å². The molecule has 2 atom stereocenters. The monoisotopic (exact) mass is 406 g/mol. The van der Waals surface area contributed by atoms with Gasteiger partial charge in [0.25, 0.3) is 0 Å². The number of benzene rings is 2. The summed E-state index contributed by atoms with van der Waals surface area (Å²) in [6.45, 7) is 8.60. The molecular formula is C21H27BrO3. The Labute approximate surface area is 159 Å². The second-order valence-electron chi connectivity index (χ2n) is 6.51. The van der Waals surface area contributed by atoms with Gasteiger partial charge in [0, 0.05) is 11.6 Å². The average Bonchev–Trinajstić information content (AvgIpc) is 2.58. The molecule has 0 saturated heterocycles. The number of halogens is 1. The Morgan fingerprint density at radius 1 is 1.12 bits per heavy atom. The number of methoxy groups -OCH3 is 1. The molecule has 0 radical (unpaired) electrons. The van der Waals surface area contributed by atoms with Crippen molar-refractivity contribution in [2.75, 3.05) is 13.9 Å². The number of aryl methyl sites for hydroxylation is 2. The van der Waals surface area contributed by atoms with Crippen LogP contribution >= 0.6 is 15.9 Å². The Hall–Kier alpha value is -1.36. The molecule has 25 heavy (non-hydrogen) atoms. The predicted molar refractivity (Wildman–Crippen MR) is 105 cm³/mol. The van der Waals surface area contributed by atoms with Gasteiger partial charge in [0.1, 0.15) is 11.9 Å². The van der Waals surface area contributed by atoms with Gasteiger partial charge in [0.2, 0.25) is 0 Å². The van der Waals surface area contributed by atoms with E-state index in [1.54, 1.807) is 7.11 Å². The second-order valence-corrected chi connectivity index (χ2v) is 7.43. The molecule has 0 amide bonds. The minimum absolute atomic E-state index is 0.219. The van der Waals surface area contributed by atoms with Crippen LogP contribution in [0.2, 0.25) is 0 Å². The highest BCUT2D eigenvalue weighted by Crippen LogP contribution is 2.35. The van der Waals surface area contributed by atoms with Crippen LogP contribution in [0.15, 0.2) is 34.8 Å². The van der Waals surface area contributed by atoms with Gasteiger partial charge in [-0.1, -0.05) is 35.8 Å². The summed E-state index contributed by atoms with van der Waals surface area (Å²) in [5, 5.41) is 11.0. The molecule has 2 rings (SSSR count). The van der Waals surface area contributed by atoms with Crippen molar-refractivity contribution in [1.82, 2.24) is 0 Å². The Morgan fingerprint density at radius 3 is 2.32 bits per heavy atom. The van der Waals surface area contributed by atoms with Crippen LogP contribution in [0.25, 0.3) is 0 Å². The van der Waals surface area contributed by atoms with Crippen LogP contribution in [0, 0.1) is 13.8 Å². The molecule has 0 aliphatic rings. The first-order chi connectivity index (χ1) is 11.9. The van der Waals surface area contributed by atoms with E-state index in [2.05, 4.69) is 35.8 Å². The fourth-order valence-electron chi connectivity index (χ4n) is 3.12. The summed E-state index contributed by atoms with van der Waals surface area (Å²) in [6, 6.07) is 10.0. The zero-order valence-corrected chi connectivity index (χ0v) is 17.2. The molecule has 3 nitrogen and oxygen atoms in total. The molecule has 0 saturated carbocycles. The molecule has 1 N–H and O–H groups in total. The fourth-order valence-corrected chi connectivity index (χ4v) is 3.80. The van der Waals surface area contributed by atoms with Gasteiger partial charge >= 0.3 is 0 Å². The van der Waals surface area contributed by atoms with Crippen molar-refractivity contribution in [3.63, 3.8) is 0 Å².